The van der Waals surface area contributed by atoms with E-state index in [4.69, 9.17) is 10.5 Å². The Balaban J connectivity index is 1.85. The van der Waals surface area contributed by atoms with E-state index in [-0.39, 0.29) is 5.91 Å². The number of likely N-dealkylation sites (N-methyl/N-ethyl adjacent to an activating group) is 1. The quantitative estimate of drug-likeness (QED) is 0.735. The molecule has 3 unspecified atom stereocenters. The number of nitrogens with zero attached hydrogens (tertiary/aromatic N) is 1. The van der Waals surface area contributed by atoms with Gasteiger partial charge in [0.25, 0.3) is 0 Å². The number of carbonyl (C=O) groups is 1. The zero-order valence-electron chi connectivity index (χ0n) is 13.6. The normalized spacial score (nSPS) is 34.2. The van der Waals surface area contributed by atoms with Gasteiger partial charge in [0.05, 0.1) is 6.61 Å². The van der Waals surface area contributed by atoms with Gasteiger partial charge < -0.3 is 20.7 Å². The minimum atomic E-state index is -0.471. The van der Waals surface area contributed by atoms with Crippen LogP contribution in [0.15, 0.2) is 0 Å². The Morgan fingerprint density at radius 2 is 2.24 bits per heavy atom. The molecule has 122 valence electrons. The summed E-state index contributed by atoms with van der Waals surface area (Å²) >= 11 is 0. The maximum Gasteiger partial charge on any atom is 0.238 e. The first-order chi connectivity index (χ1) is 10.1. The average molecular weight is 297 g/mol. The Bertz CT molecular complexity index is 348. The van der Waals surface area contributed by atoms with Crippen molar-refractivity contribution in [3.8, 4) is 0 Å². The van der Waals surface area contributed by atoms with E-state index in [9.17, 15) is 4.79 Å². The van der Waals surface area contributed by atoms with Crippen LogP contribution in [-0.4, -0.2) is 56.7 Å². The molecule has 21 heavy (non-hydrogen) atoms. The number of piperidine rings is 1. The molecule has 0 aromatic rings. The Morgan fingerprint density at radius 1 is 1.43 bits per heavy atom. The molecule has 2 fully saturated rings. The van der Waals surface area contributed by atoms with E-state index in [0.29, 0.717) is 11.8 Å². The second kappa shape index (κ2) is 7.56. The molecule has 0 radical (unpaired) electrons. The highest BCUT2D eigenvalue weighted by Crippen LogP contribution is 2.37. The van der Waals surface area contributed by atoms with Gasteiger partial charge in [-0.2, -0.15) is 0 Å². The van der Waals surface area contributed by atoms with Crippen molar-refractivity contribution in [1.29, 1.82) is 0 Å². The monoisotopic (exact) mass is 297 g/mol. The van der Waals surface area contributed by atoms with Gasteiger partial charge in [0, 0.05) is 13.7 Å². The van der Waals surface area contributed by atoms with Gasteiger partial charge in [0.2, 0.25) is 5.91 Å². The fourth-order valence-electron chi connectivity index (χ4n) is 4.31. The number of methoxy groups -OCH3 is 1. The standard InChI is InChI=1S/C16H31N3O2/c1-18-16(15(17)20)8-3-6-14(16)7-10-19-9-4-5-13(11-19)12-21-2/h13-14,18H,3-12H2,1-2H3,(H2,17,20). The fraction of sp³-hybridized carbons (Fsp3) is 0.938. The van der Waals surface area contributed by atoms with E-state index < -0.39 is 5.54 Å². The van der Waals surface area contributed by atoms with Crippen LogP contribution < -0.4 is 11.1 Å². The number of nitrogens with two attached hydrogens (primary N) is 1. The number of likely N-dealkylation sites (tertiary alicyclic amines) is 1. The first-order valence-corrected chi connectivity index (χ1v) is 8.32. The highest BCUT2D eigenvalue weighted by molar-refractivity contribution is 5.85. The van der Waals surface area contributed by atoms with Crippen molar-refractivity contribution in [3.05, 3.63) is 0 Å². The number of hydrogen-bond acceptors (Lipinski definition) is 4. The van der Waals surface area contributed by atoms with Crippen LogP contribution in [0.4, 0.5) is 0 Å². The molecule has 2 rings (SSSR count). The Hall–Kier alpha value is -0.650. The maximum absolute atomic E-state index is 11.9. The lowest BCUT2D eigenvalue weighted by atomic mass is 9.83. The Morgan fingerprint density at radius 3 is 2.90 bits per heavy atom. The molecule has 3 atom stereocenters. The molecule has 1 aliphatic heterocycles. The molecule has 5 heteroatoms. The second-order valence-corrected chi connectivity index (χ2v) is 6.73. The minimum absolute atomic E-state index is 0.177. The third kappa shape index (κ3) is 3.76. The maximum atomic E-state index is 11.9. The SMILES string of the molecule is CNC1(C(N)=O)CCCC1CCN1CCCC(COC)C1. The predicted molar refractivity (Wildman–Crippen MR) is 84.0 cm³/mol. The summed E-state index contributed by atoms with van der Waals surface area (Å²) in [4.78, 5) is 14.4. The molecule has 3 N–H and O–H groups in total. The number of rotatable bonds is 7. The van der Waals surface area contributed by atoms with Crippen molar-refractivity contribution in [1.82, 2.24) is 10.2 Å². The van der Waals surface area contributed by atoms with Gasteiger partial charge in [-0.05, 0) is 64.1 Å². The molecule has 0 aromatic heterocycles. The van der Waals surface area contributed by atoms with Gasteiger partial charge in [0.15, 0.2) is 0 Å². The van der Waals surface area contributed by atoms with Gasteiger partial charge in [-0.3, -0.25) is 4.79 Å². The number of ether oxygens (including phenoxy) is 1. The second-order valence-electron chi connectivity index (χ2n) is 6.73. The highest BCUT2D eigenvalue weighted by atomic mass is 16.5. The molecule has 0 aromatic carbocycles. The third-order valence-electron chi connectivity index (χ3n) is 5.51. The summed E-state index contributed by atoms with van der Waals surface area (Å²) in [6.07, 6.45) is 6.68. The molecule has 0 spiro atoms. The number of hydrogen-bond donors (Lipinski definition) is 2. The summed E-state index contributed by atoms with van der Waals surface area (Å²) in [5, 5.41) is 3.23. The number of amides is 1. The van der Waals surface area contributed by atoms with Crippen molar-refractivity contribution in [2.75, 3.05) is 40.4 Å². The van der Waals surface area contributed by atoms with Crippen LogP contribution in [-0.2, 0) is 9.53 Å². The predicted octanol–water partition coefficient (Wildman–Crippen LogP) is 0.978. The van der Waals surface area contributed by atoms with Gasteiger partial charge in [-0.25, -0.2) is 0 Å². The zero-order valence-corrected chi connectivity index (χ0v) is 13.6. The molecule has 1 saturated heterocycles. The van der Waals surface area contributed by atoms with Crippen LogP contribution in [0, 0.1) is 11.8 Å². The van der Waals surface area contributed by atoms with Crippen molar-refractivity contribution >= 4 is 5.91 Å². The van der Waals surface area contributed by atoms with Crippen molar-refractivity contribution in [3.63, 3.8) is 0 Å². The summed E-state index contributed by atoms with van der Waals surface area (Å²) in [6, 6.07) is 0. The van der Waals surface area contributed by atoms with Crippen molar-refractivity contribution < 1.29 is 9.53 Å². The molecule has 1 heterocycles. The lowest BCUT2D eigenvalue weighted by Crippen LogP contribution is -2.57. The minimum Gasteiger partial charge on any atom is -0.384 e. The van der Waals surface area contributed by atoms with E-state index >= 15 is 0 Å². The van der Waals surface area contributed by atoms with Gasteiger partial charge >= 0.3 is 0 Å². The van der Waals surface area contributed by atoms with Crippen molar-refractivity contribution in [2.24, 2.45) is 17.6 Å². The Kier molecular flexibility index (Phi) is 6.02. The summed E-state index contributed by atoms with van der Waals surface area (Å²) in [6.45, 7) is 4.24. The summed E-state index contributed by atoms with van der Waals surface area (Å²) in [5.41, 5.74) is 5.20. The highest BCUT2D eigenvalue weighted by Gasteiger charge is 2.46. The van der Waals surface area contributed by atoms with E-state index in [0.717, 1.165) is 45.4 Å². The summed E-state index contributed by atoms with van der Waals surface area (Å²) in [7, 11) is 3.66. The Labute approximate surface area is 128 Å². The molecule has 1 saturated carbocycles. The smallest absolute Gasteiger partial charge is 0.238 e. The molecular formula is C16H31N3O2. The molecule has 5 nitrogen and oxygen atoms in total. The first kappa shape index (κ1) is 16.7. The van der Waals surface area contributed by atoms with E-state index in [1.807, 2.05) is 7.05 Å². The van der Waals surface area contributed by atoms with Crippen LogP contribution >= 0.6 is 0 Å². The van der Waals surface area contributed by atoms with Crippen LogP contribution in [0.2, 0.25) is 0 Å². The van der Waals surface area contributed by atoms with E-state index in [2.05, 4.69) is 10.2 Å². The first-order valence-electron chi connectivity index (χ1n) is 8.32. The van der Waals surface area contributed by atoms with Crippen LogP contribution in [0.3, 0.4) is 0 Å². The average Bonchev–Trinajstić information content (AvgIpc) is 2.90. The number of nitrogens with one attached hydrogen (secondary N) is 1. The molecular weight excluding hydrogens is 266 g/mol. The topological polar surface area (TPSA) is 67.6 Å². The largest absolute Gasteiger partial charge is 0.384 e. The third-order valence-corrected chi connectivity index (χ3v) is 5.51. The van der Waals surface area contributed by atoms with Gasteiger partial charge in [-0.1, -0.05) is 6.42 Å². The molecule has 1 amide bonds. The zero-order chi connectivity index (χ0) is 15.3. The van der Waals surface area contributed by atoms with Crippen molar-refractivity contribution in [2.45, 2.75) is 44.1 Å². The summed E-state index contributed by atoms with van der Waals surface area (Å²) in [5.74, 6) is 0.865. The van der Waals surface area contributed by atoms with Gasteiger partial charge in [0.1, 0.15) is 5.54 Å². The number of carbonyl (C=O) groups excluding carboxylic acids is 1. The van der Waals surface area contributed by atoms with Gasteiger partial charge in [-0.15, -0.1) is 0 Å². The summed E-state index contributed by atoms with van der Waals surface area (Å²) < 4.78 is 5.29. The van der Waals surface area contributed by atoms with E-state index in [1.165, 1.54) is 19.4 Å². The lowest BCUT2D eigenvalue weighted by Gasteiger charge is -2.36. The van der Waals surface area contributed by atoms with Crippen LogP contribution in [0.25, 0.3) is 0 Å². The lowest BCUT2D eigenvalue weighted by molar-refractivity contribution is -0.125. The molecule has 1 aliphatic carbocycles. The number of primary amides is 1. The molecule has 0 bridgehead atoms. The fourth-order valence-corrected chi connectivity index (χ4v) is 4.31. The van der Waals surface area contributed by atoms with E-state index in [1.54, 1.807) is 7.11 Å². The van der Waals surface area contributed by atoms with Crippen LogP contribution in [0.5, 0.6) is 0 Å². The molecule has 2 aliphatic rings. The van der Waals surface area contributed by atoms with Crippen LogP contribution in [0.1, 0.15) is 38.5 Å².